The maximum absolute atomic E-state index is 10.3. The van der Waals surface area contributed by atoms with Gasteiger partial charge in [-0.25, -0.2) is 0 Å². The molecule has 0 aliphatic carbocycles. The number of carbonyl (C=O) groups is 1. The molecule has 0 aromatic heterocycles. The van der Waals surface area contributed by atoms with Crippen LogP contribution < -0.4 is 0 Å². The lowest BCUT2D eigenvalue weighted by Crippen LogP contribution is -1.93. The van der Waals surface area contributed by atoms with Crippen LogP contribution in [-0.2, 0) is 11.2 Å². The Morgan fingerprint density at radius 1 is 0.759 bits per heavy atom. The molecule has 1 aromatic rings. The van der Waals surface area contributed by atoms with E-state index < -0.39 is 5.97 Å². The number of aliphatic carboxylic acids is 1. The summed E-state index contributed by atoms with van der Waals surface area (Å²) in [5, 5.41) is 8.52. The molecular formula is C27H46O2. The fourth-order valence-electron chi connectivity index (χ4n) is 3.43. The van der Waals surface area contributed by atoms with Crippen molar-refractivity contribution in [2.75, 3.05) is 0 Å². The average Bonchev–Trinajstić information content (AvgIpc) is 2.72. The van der Waals surface area contributed by atoms with Gasteiger partial charge in [-0.05, 0) is 18.4 Å². The summed E-state index contributed by atoms with van der Waals surface area (Å²) in [5.74, 6) is -0.653. The van der Waals surface area contributed by atoms with Gasteiger partial charge >= 0.3 is 5.97 Å². The van der Waals surface area contributed by atoms with E-state index in [4.69, 9.17) is 5.11 Å². The van der Waals surface area contributed by atoms with Crippen molar-refractivity contribution in [2.24, 2.45) is 0 Å². The van der Waals surface area contributed by atoms with E-state index in [2.05, 4.69) is 25.6 Å². The summed E-state index contributed by atoms with van der Waals surface area (Å²) < 4.78 is 0. The number of hydrogen-bond donors (Lipinski definition) is 1. The van der Waals surface area contributed by atoms with Crippen molar-refractivity contribution in [3.05, 3.63) is 48.6 Å². The number of benzene rings is 1. The lowest BCUT2D eigenvalue weighted by Gasteiger charge is -2.03. The van der Waals surface area contributed by atoms with Crippen LogP contribution in [0.4, 0.5) is 0 Å². The third-order valence-electron chi connectivity index (χ3n) is 5.22. The SMILES string of the molecule is C=CCc1ccccc1.CCCCCCCCCCCCCCCCCC(=O)O. The van der Waals surface area contributed by atoms with E-state index >= 15 is 0 Å². The lowest BCUT2D eigenvalue weighted by molar-refractivity contribution is -0.137. The van der Waals surface area contributed by atoms with Crippen LogP contribution in [0.15, 0.2) is 43.0 Å². The molecule has 2 nitrogen and oxygen atoms in total. The molecule has 0 saturated heterocycles. The molecule has 0 aliphatic heterocycles. The normalized spacial score (nSPS) is 10.2. The Kier molecular flexibility index (Phi) is 21.5. The van der Waals surface area contributed by atoms with Crippen molar-refractivity contribution in [1.29, 1.82) is 0 Å². The fourth-order valence-corrected chi connectivity index (χ4v) is 3.43. The van der Waals surface area contributed by atoms with Gasteiger partial charge in [0.2, 0.25) is 0 Å². The predicted octanol–water partition coefficient (Wildman–Crippen LogP) is 8.75. The van der Waals surface area contributed by atoms with E-state index in [0.717, 1.165) is 19.3 Å². The molecule has 2 heteroatoms. The topological polar surface area (TPSA) is 37.3 Å². The molecule has 0 spiro atoms. The van der Waals surface area contributed by atoms with Crippen LogP contribution >= 0.6 is 0 Å². The summed E-state index contributed by atoms with van der Waals surface area (Å²) in [5.41, 5.74) is 1.33. The minimum Gasteiger partial charge on any atom is -0.481 e. The summed E-state index contributed by atoms with van der Waals surface area (Å²) in [6.45, 7) is 5.93. The zero-order valence-electron chi connectivity index (χ0n) is 19.0. The van der Waals surface area contributed by atoms with E-state index in [1.165, 1.54) is 89.0 Å². The van der Waals surface area contributed by atoms with Crippen LogP contribution in [0.3, 0.4) is 0 Å². The Morgan fingerprint density at radius 3 is 1.55 bits per heavy atom. The summed E-state index contributed by atoms with van der Waals surface area (Å²) in [4.78, 5) is 10.3. The smallest absolute Gasteiger partial charge is 0.303 e. The van der Waals surface area contributed by atoms with Crippen molar-refractivity contribution < 1.29 is 9.90 Å². The predicted molar refractivity (Wildman–Crippen MR) is 128 cm³/mol. The highest BCUT2D eigenvalue weighted by Crippen LogP contribution is 2.13. The summed E-state index contributed by atoms with van der Waals surface area (Å²) >= 11 is 0. The second kappa shape index (κ2) is 22.7. The summed E-state index contributed by atoms with van der Waals surface area (Å²) in [6, 6.07) is 10.3. The number of rotatable bonds is 18. The largest absolute Gasteiger partial charge is 0.481 e. The van der Waals surface area contributed by atoms with Gasteiger partial charge in [0.1, 0.15) is 0 Å². The molecule has 29 heavy (non-hydrogen) atoms. The zero-order valence-corrected chi connectivity index (χ0v) is 19.0. The van der Waals surface area contributed by atoms with Crippen molar-refractivity contribution in [2.45, 2.75) is 116 Å². The molecule has 0 amide bonds. The monoisotopic (exact) mass is 402 g/mol. The highest BCUT2D eigenvalue weighted by molar-refractivity contribution is 5.66. The van der Waals surface area contributed by atoms with Crippen molar-refractivity contribution in [3.8, 4) is 0 Å². The molecule has 1 rings (SSSR count). The molecule has 0 fully saturated rings. The first kappa shape index (κ1) is 27.4. The van der Waals surface area contributed by atoms with Gasteiger partial charge in [-0.1, -0.05) is 133 Å². The molecule has 0 bridgehead atoms. The number of hydrogen-bond acceptors (Lipinski definition) is 1. The molecule has 1 N–H and O–H groups in total. The zero-order chi connectivity index (χ0) is 21.4. The first-order valence-electron chi connectivity index (χ1n) is 12.1. The fraction of sp³-hybridized carbons (Fsp3) is 0.667. The van der Waals surface area contributed by atoms with Crippen LogP contribution in [-0.4, -0.2) is 11.1 Å². The Bertz CT molecular complexity index is 467. The van der Waals surface area contributed by atoms with Crippen molar-refractivity contribution in [3.63, 3.8) is 0 Å². The van der Waals surface area contributed by atoms with Crippen LogP contribution in [0.1, 0.15) is 115 Å². The minimum atomic E-state index is -0.653. The van der Waals surface area contributed by atoms with Gasteiger partial charge in [-0.3, -0.25) is 4.79 Å². The van der Waals surface area contributed by atoms with Crippen LogP contribution in [0.2, 0.25) is 0 Å². The average molecular weight is 403 g/mol. The van der Waals surface area contributed by atoms with Gasteiger partial charge in [-0.15, -0.1) is 6.58 Å². The number of allylic oxidation sites excluding steroid dienone is 1. The second-order valence-corrected chi connectivity index (χ2v) is 8.07. The first-order valence-corrected chi connectivity index (χ1v) is 12.1. The molecule has 0 aliphatic rings. The van der Waals surface area contributed by atoms with Gasteiger partial charge < -0.3 is 5.11 Å². The summed E-state index contributed by atoms with van der Waals surface area (Å²) in [6.07, 6.45) is 23.1. The van der Waals surface area contributed by atoms with Gasteiger partial charge in [-0.2, -0.15) is 0 Å². The third kappa shape index (κ3) is 22.6. The Hall–Kier alpha value is -1.57. The Labute approximate surface area is 180 Å². The molecule has 0 heterocycles. The van der Waals surface area contributed by atoms with E-state index in [1.54, 1.807) is 0 Å². The number of carboxylic acids is 1. The molecular weight excluding hydrogens is 356 g/mol. The molecule has 0 atom stereocenters. The van der Waals surface area contributed by atoms with Gasteiger partial charge in [0.05, 0.1) is 0 Å². The number of carboxylic acid groups (broad SMARTS) is 1. The lowest BCUT2D eigenvalue weighted by atomic mass is 10.0. The van der Waals surface area contributed by atoms with Crippen LogP contribution in [0, 0.1) is 0 Å². The van der Waals surface area contributed by atoms with E-state index in [1.807, 2.05) is 24.3 Å². The van der Waals surface area contributed by atoms with Gasteiger partial charge in [0.15, 0.2) is 0 Å². The van der Waals surface area contributed by atoms with Crippen molar-refractivity contribution in [1.82, 2.24) is 0 Å². The maximum atomic E-state index is 10.3. The van der Waals surface area contributed by atoms with E-state index in [0.29, 0.717) is 6.42 Å². The molecule has 0 radical (unpaired) electrons. The quantitative estimate of drug-likeness (QED) is 0.197. The van der Waals surface area contributed by atoms with Gasteiger partial charge in [0.25, 0.3) is 0 Å². The minimum absolute atomic E-state index is 0.345. The molecule has 166 valence electrons. The maximum Gasteiger partial charge on any atom is 0.303 e. The Morgan fingerprint density at radius 2 is 1.17 bits per heavy atom. The highest BCUT2D eigenvalue weighted by Gasteiger charge is 1.97. The van der Waals surface area contributed by atoms with Gasteiger partial charge in [0, 0.05) is 6.42 Å². The molecule has 1 aromatic carbocycles. The third-order valence-corrected chi connectivity index (χ3v) is 5.22. The van der Waals surface area contributed by atoms with Crippen LogP contribution in [0.25, 0.3) is 0 Å². The molecule has 0 saturated carbocycles. The van der Waals surface area contributed by atoms with Crippen LogP contribution in [0.5, 0.6) is 0 Å². The number of unbranched alkanes of at least 4 members (excludes halogenated alkanes) is 14. The van der Waals surface area contributed by atoms with E-state index in [-0.39, 0.29) is 0 Å². The Balaban J connectivity index is 0.000000717. The second-order valence-electron chi connectivity index (χ2n) is 8.07. The standard InChI is InChI=1S/C18H36O2.C9H10/c1-2-3-4-5-6-7-8-9-10-11-12-13-14-15-16-17-18(19)20;1-2-6-9-7-4-3-5-8-9/h2-17H2,1H3,(H,19,20);2-5,7-8H,1,6H2. The summed E-state index contributed by atoms with van der Waals surface area (Å²) in [7, 11) is 0. The van der Waals surface area contributed by atoms with Crippen molar-refractivity contribution >= 4 is 5.97 Å². The molecule has 0 unspecified atom stereocenters. The highest BCUT2D eigenvalue weighted by atomic mass is 16.4. The van der Waals surface area contributed by atoms with E-state index in [9.17, 15) is 4.79 Å². The first-order chi connectivity index (χ1) is 14.2.